The minimum absolute atomic E-state index is 0.0340. The minimum Gasteiger partial charge on any atom is -0.438 e. The normalized spacial score (nSPS) is 14.4. The van der Waals surface area contributed by atoms with Crippen molar-refractivity contribution in [3.05, 3.63) is 60.3 Å². The molecule has 0 aliphatic carbocycles. The maximum Gasteiger partial charge on any atom is 0.310 e. The molecule has 0 radical (unpaired) electrons. The number of benzene rings is 1. The highest BCUT2D eigenvalue weighted by Gasteiger charge is 2.65. The van der Waals surface area contributed by atoms with Crippen LogP contribution in [0, 0.1) is 0 Å². The zero-order valence-electron chi connectivity index (χ0n) is 12.6. The molecule has 0 atom stereocenters. The summed E-state index contributed by atoms with van der Waals surface area (Å²) in [6.45, 7) is 0. The Balaban J connectivity index is 1.92. The zero-order valence-corrected chi connectivity index (χ0v) is 14.2. The summed E-state index contributed by atoms with van der Waals surface area (Å²) < 4.78 is 69.2. The van der Waals surface area contributed by atoms with Crippen molar-refractivity contribution in [2.75, 3.05) is 0 Å². The predicted octanol–water partition coefficient (Wildman–Crippen LogP) is 6.64. The summed E-state index contributed by atoms with van der Waals surface area (Å²) in [4.78, 5) is 9.65. The van der Waals surface area contributed by atoms with Crippen molar-refractivity contribution in [3.63, 3.8) is 0 Å². The van der Waals surface area contributed by atoms with Gasteiger partial charge in [-0.2, -0.15) is 0 Å². The summed E-state index contributed by atoms with van der Waals surface area (Å²) in [6.07, 6.45) is 4.23. The summed E-state index contributed by atoms with van der Waals surface area (Å²) in [5.41, 5.74) is 0.946. The molecule has 0 saturated carbocycles. The van der Waals surface area contributed by atoms with Gasteiger partial charge in [-0.1, -0.05) is 19.4 Å². The molecule has 1 aromatic carbocycles. The average Bonchev–Trinajstić information content (AvgIpc) is 2.55. The molecule has 0 N–H and O–H groups in total. The van der Waals surface area contributed by atoms with Gasteiger partial charge in [-0.05, 0) is 48.0 Å². The van der Waals surface area contributed by atoms with Crippen molar-refractivity contribution >= 4 is 21.8 Å². The number of hydrogen-bond acceptors (Lipinski definition) is 4. The van der Waals surface area contributed by atoms with Gasteiger partial charge in [-0.15, -0.1) is 0 Å². The number of rotatable bonds is 4. The summed E-state index contributed by atoms with van der Waals surface area (Å²) >= 11 is 5.62. The van der Waals surface area contributed by atoms with Gasteiger partial charge in [0.15, 0.2) is 0 Å². The quantitative estimate of drug-likeness (QED) is 0.358. The lowest BCUT2D eigenvalue weighted by Crippen LogP contribution is -2.05. The van der Waals surface area contributed by atoms with E-state index in [1.165, 1.54) is 18.6 Å². The lowest BCUT2D eigenvalue weighted by Gasteiger charge is -2.40. The van der Waals surface area contributed by atoms with E-state index in [1.807, 2.05) is 0 Å². The van der Waals surface area contributed by atoms with Crippen molar-refractivity contribution in [2.45, 2.75) is 4.90 Å². The molecule has 26 heavy (non-hydrogen) atoms. The molecule has 0 aliphatic heterocycles. The Bertz CT molecular complexity index is 951. The van der Waals surface area contributed by atoms with Gasteiger partial charge < -0.3 is 4.74 Å². The molecule has 3 rings (SSSR count). The Kier molecular flexibility index (Phi) is 3.89. The van der Waals surface area contributed by atoms with Crippen LogP contribution in [0.4, 0.5) is 19.4 Å². The van der Waals surface area contributed by atoms with Crippen LogP contribution in [0.15, 0.2) is 59.9 Å². The van der Waals surface area contributed by atoms with Crippen LogP contribution in [-0.2, 0) is 0 Å². The second-order valence-electron chi connectivity index (χ2n) is 5.14. The van der Waals surface area contributed by atoms with Gasteiger partial charge in [0.25, 0.3) is 0 Å². The maximum absolute atomic E-state index is 12.7. The third-order valence-electron chi connectivity index (χ3n) is 3.19. The number of halogens is 6. The molecule has 3 aromatic rings. The highest BCUT2D eigenvalue weighted by molar-refractivity contribution is 8.45. The standard InChI is InChI=1S/C15H9ClF5N3OS/c16-15-23-8-10(9-24-15)13-2-1-7-22-14(13)25-11-3-5-12(6-4-11)26(17,18,19,20)21/h1-9H. The summed E-state index contributed by atoms with van der Waals surface area (Å²) in [5.74, 6) is -0.0519. The van der Waals surface area contributed by atoms with Crippen molar-refractivity contribution in [3.8, 4) is 22.8 Å². The molecular formula is C15H9ClF5N3OS. The van der Waals surface area contributed by atoms with E-state index >= 15 is 0 Å². The van der Waals surface area contributed by atoms with Gasteiger partial charge in [0.1, 0.15) is 10.6 Å². The van der Waals surface area contributed by atoms with E-state index in [9.17, 15) is 19.4 Å². The largest absolute Gasteiger partial charge is 0.438 e. The molecule has 0 bridgehead atoms. The Morgan fingerprint density at radius 3 is 2.04 bits per heavy atom. The molecule has 2 heterocycles. The lowest BCUT2D eigenvalue weighted by molar-refractivity contribution is 0.363. The third-order valence-corrected chi connectivity index (χ3v) is 4.54. The predicted molar refractivity (Wildman–Crippen MR) is 88.2 cm³/mol. The fourth-order valence-electron chi connectivity index (χ4n) is 2.02. The Hall–Kier alpha value is -2.46. The van der Waals surface area contributed by atoms with Crippen molar-refractivity contribution in [1.29, 1.82) is 0 Å². The SMILES string of the molecule is FS(F)(F)(F)(F)c1ccc(Oc2ncccc2-c2cnc(Cl)nc2)cc1. The van der Waals surface area contributed by atoms with E-state index in [4.69, 9.17) is 16.3 Å². The Labute approximate surface area is 149 Å². The van der Waals surface area contributed by atoms with Crippen LogP contribution in [0.3, 0.4) is 0 Å². The van der Waals surface area contributed by atoms with E-state index in [1.54, 1.807) is 12.1 Å². The molecule has 0 unspecified atom stereocenters. The Morgan fingerprint density at radius 1 is 0.846 bits per heavy atom. The van der Waals surface area contributed by atoms with Crippen LogP contribution in [0.5, 0.6) is 11.6 Å². The molecular weight excluding hydrogens is 401 g/mol. The number of aromatic nitrogens is 3. The van der Waals surface area contributed by atoms with Gasteiger partial charge in [0, 0.05) is 29.7 Å². The topological polar surface area (TPSA) is 47.9 Å². The smallest absolute Gasteiger partial charge is 0.310 e. The van der Waals surface area contributed by atoms with E-state index < -0.39 is 15.1 Å². The number of pyridine rings is 1. The van der Waals surface area contributed by atoms with Crippen molar-refractivity contribution < 1.29 is 24.2 Å². The lowest BCUT2D eigenvalue weighted by atomic mass is 10.1. The second-order valence-corrected chi connectivity index (χ2v) is 7.89. The summed E-state index contributed by atoms with van der Waals surface area (Å²) in [7, 11) is -9.73. The van der Waals surface area contributed by atoms with Crippen LogP contribution in [0.25, 0.3) is 11.1 Å². The first-order chi connectivity index (χ1) is 11.9. The van der Waals surface area contributed by atoms with Crippen LogP contribution in [-0.4, -0.2) is 15.0 Å². The summed E-state index contributed by atoms with van der Waals surface area (Å²) in [5, 5.41) is 0.0340. The van der Waals surface area contributed by atoms with Gasteiger partial charge in [-0.3, -0.25) is 0 Å². The fraction of sp³-hybridized carbons (Fsp3) is 0. The number of ether oxygens (including phenoxy) is 1. The average molecular weight is 410 g/mol. The molecule has 0 fully saturated rings. The third kappa shape index (κ3) is 4.20. The van der Waals surface area contributed by atoms with Crippen LogP contribution in [0.2, 0.25) is 5.28 Å². The van der Waals surface area contributed by atoms with Gasteiger partial charge in [0.05, 0.1) is 0 Å². The van der Waals surface area contributed by atoms with Gasteiger partial charge in [-0.25, -0.2) is 15.0 Å². The maximum atomic E-state index is 12.7. The highest BCUT2D eigenvalue weighted by Crippen LogP contribution is 3.02. The summed E-state index contributed by atoms with van der Waals surface area (Å²) in [6, 6.07) is 5.36. The second kappa shape index (κ2) is 5.52. The highest BCUT2D eigenvalue weighted by atomic mass is 35.5. The van der Waals surface area contributed by atoms with Crippen molar-refractivity contribution in [2.24, 2.45) is 0 Å². The van der Waals surface area contributed by atoms with Crippen LogP contribution in [0.1, 0.15) is 0 Å². The Morgan fingerprint density at radius 2 is 1.46 bits per heavy atom. The fourth-order valence-corrected chi connectivity index (χ4v) is 2.77. The van der Waals surface area contributed by atoms with E-state index in [2.05, 4.69) is 15.0 Å². The molecule has 4 nitrogen and oxygen atoms in total. The van der Waals surface area contributed by atoms with Crippen LogP contribution >= 0.6 is 21.8 Å². The number of nitrogens with zero attached hydrogens (tertiary/aromatic N) is 3. The monoisotopic (exact) mass is 409 g/mol. The van der Waals surface area contributed by atoms with Gasteiger partial charge in [0.2, 0.25) is 11.2 Å². The molecule has 2 aromatic heterocycles. The molecule has 138 valence electrons. The molecule has 11 heteroatoms. The first-order valence-corrected chi connectivity index (χ1v) is 9.20. The molecule has 0 aliphatic rings. The molecule has 0 spiro atoms. The van der Waals surface area contributed by atoms with E-state index in [-0.39, 0.29) is 29.0 Å². The van der Waals surface area contributed by atoms with Gasteiger partial charge >= 0.3 is 10.2 Å². The zero-order chi connectivity index (χ0) is 19.1. The first kappa shape index (κ1) is 18.3. The minimum atomic E-state index is -9.73. The van der Waals surface area contributed by atoms with Crippen LogP contribution < -0.4 is 4.74 Å². The van der Waals surface area contributed by atoms with E-state index in [0.717, 1.165) is 12.1 Å². The molecule has 0 saturated heterocycles. The molecule has 0 amide bonds. The van der Waals surface area contributed by atoms with Crippen molar-refractivity contribution in [1.82, 2.24) is 15.0 Å². The van der Waals surface area contributed by atoms with E-state index in [0.29, 0.717) is 11.1 Å². The first-order valence-electron chi connectivity index (χ1n) is 6.87. The number of hydrogen-bond donors (Lipinski definition) is 0.